The first-order valence-electron chi connectivity index (χ1n) is 7.45. The number of nitrogens with zero attached hydrogens (tertiary/aromatic N) is 1. The molecule has 2 aromatic rings. The zero-order chi connectivity index (χ0) is 16.6. The highest BCUT2D eigenvalue weighted by molar-refractivity contribution is 6.08. The molecule has 0 spiro atoms. The number of carbonyl (C=O) groups excluding carboxylic acids is 1. The van der Waals surface area contributed by atoms with E-state index in [0.29, 0.717) is 24.2 Å². The van der Waals surface area contributed by atoms with Gasteiger partial charge >= 0.3 is 0 Å². The highest BCUT2D eigenvalue weighted by atomic mass is 19.1. The van der Waals surface area contributed by atoms with E-state index in [1.54, 1.807) is 31.4 Å². The molecule has 3 rings (SSSR count). The Morgan fingerprint density at radius 3 is 2.70 bits per heavy atom. The number of fused-ring (bicyclic) bond motifs is 1. The van der Waals surface area contributed by atoms with Crippen LogP contribution in [0.2, 0.25) is 0 Å². The number of allylic oxidation sites excluding steroid dienone is 1. The number of anilines is 1. The highest BCUT2D eigenvalue weighted by Crippen LogP contribution is 2.30. The van der Waals surface area contributed by atoms with Gasteiger partial charge in [0, 0.05) is 12.1 Å². The van der Waals surface area contributed by atoms with Crippen molar-refractivity contribution in [3.8, 4) is 5.75 Å². The Morgan fingerprint density at radius 1 is 1.26 bits per heavy atom. The van der Waals surface area contributed by atoms with Gasteiger partial charge in [-0.1, -0.05) is 18.2 Å². The number of rotatable bonds is 3. The van der Waals surface area contributed by atoms with E-state index < -0.39 is 5.82 Å². The van der Waals surface area contributed by atoms with Gasteiger partial charge in [0.05, 0.1) is 12.8 Å². The van der Waals surface area contributed by atoms with E-state index in [-0.39, 0.29) is 5.91 Å². The molecule has 0 radical (unpaired) electrons. The molecule has 0 atom stereocenters. The van der Waals surface area contributed by atoms with Crippen molar-refractivity contribution in [2.24, 2.45) is 0 Å². The van der Waals surface area contributed by atoms with Crippen molar-refractivity contribution < 1.29 is 13.9 Å². The lowest BCUT2D eigenvalue weighted by Gasteiger charge is -2.29. The summed E-state index contributed by atoms with van der Waals surface area (Å²) in [5.41, 5.74) is 3.37. The van der Waals surface area contributed by atoms with E-state index in [1.165, 1.54) is 11.0 Å². The number of hydrogen-bond acceptors (Lipinski definition) is 2. The second-order valence-corrected chi connectivity index (χ2v) is 5.68. The van der Waals surface area contributed by atoms with E-state index in [1.807, 2.05) is 13.0 Å². The second kappa shape index (κ2) is 5.88. The first kappa shape index (κ1) is 15.3. The third-order valence-corrected chi connectivity index (χ3v) is 4.12. The van der Waals surface area contributed by atoms with Crippen LogP contribution in [0.25, 0.3) is 5.57 Å². The van der Waals surface area contributed by atoms with Crippen LogP contribution in [0.15, 0.2) is 43.0 Å². The van der Waals surface area contributed by atoms with Gasteiger partial charge in [0.15, 0.2) is 0 Å². The zero-order valence-corrected chi connectivity index (χ0v) is 13.2. The topological polar surface area (TPSA) is 29.5 Å². The molecule has 0 N–H and O–H groups in total. The van der Waals surface area contributed by atoms with Crippen molar-refractivity contribution in [1.82, 2.24) is 0 Å². The lowest BCUT2D eigenvalue weighted by Crippen LogP contribution is -2.38. The van der Waals surface area contributed by atoms with E-state index in [4.69, 9.17) is 4.74 Å². The molecule has 118 valence electrons. The van der Waals surface area contributed by atoms with Crippen LogP contribution in [0.4, 0.5) is 10.1 Å². The number of benzene rings is 2. The first-order valence-corrected chi connectivity index (χ1v) is 7.45. The zero-order valence-electron chi connectivity index (χ0n) is 13.2. The van der Waals surface area contributed by atoms with Crippen molar-refractivity contribution in [2.75, 3.05) is 18.6 Å². The Balaban J connectivity index is 1.96. The lowest BCUT2D eigenvalue weighted by molar-refractivity contribution is 0.0979. The number of amides is 1. The van der Waals surface area contributed by atoms with Crippen LogP contribution in [0, 0.1) is 5.82 Å². The molecule has 1 heterocycles. The summed E-state index contributed by atoms with van der Waals surface area (Å²) >= 11 is 0. The Hall–Kier alpha value is -2.62. The maximum Gasteiger partial charge on any atom is 0.258 e. The van der Waals surface area contributed by atoms with E-state index >= 15 is 0 Å². The molecule has 0 aromatic heterocycles. The van der Waals surface area contributed by atoms with Crippen molar-refractivity contribution >= 4 is 17.2 Å². The lowest BCUT2D eigenvalue weighted by atomic mass is 9.97. The molecular weight excluding hydrogens is 293 g/mol. The third kappa shape index (κ3) is 2.72. The summed E-state index contributed by atoms with van der Waals surface area (Å²) in [6, 6.07) is 10.2. The Bertz CT molecular complexity index is 798. The predicted octanol–water partition coefficient (Wildman–Crippen LogP) is 4.07. The average molecular weight is 311 g/mol. The first-order chi connectivity index (χ1) is 11.0. The van der Waals surface area contributed by atoms with Crippen LogP contribution >= 0.6 is 0 Å². The van der Waals surface area contributed by atoms with Gasteiger partial charge in [0.25, 0.3) is 5.91 Å². The van der Waals surface area contributed by atoms with Crippen molar-refractivity contribution in [2.45, 2.75) is 13.3 Å². The van der Waals surface area contributed by atoms with Gasteiger partial charge in [-0.3, -0.25) is 4.79 Å². The van der Waals surface area contributed by atoms with Crippen molar-refractivity contribution in [3.05, 3.63) is 65.5 Å². The van der Waals surface area contributed by atoms with Gasteiger partial charge in [-0.15, -0.1) is 0 Å². The minimum Gasteiger partial charge on any atom is -0.497 e. The molecule has 3 nitrogen and oxygen atoms in total. The van der Waals surface area contributed by atoms with Gasteiger partial charge in [0.1, 0.15) is 11.6 Å². The normalized spacial score (nSPS) is 13.7. The van der Waals surface area contributed by atoms with E-state index in [2.05, 4.69) is 6.58 Å². The molecule has 0 unspecified atom stereocenters. The summed E-state index contributed by atoms with van der Waals surface area (Å²) in [6.45, 7) is 6.08. The molecule has 1 aliphatic heterocycles. The molecule has 1 amide bonds. The van der Waals surface area contributed by atoms with Gasteiger partial charge in [-0.05, 0) is 54.8 Å². The minimum atomic E-state index is -0.407. The van der Waals surface area contributed by atoms with Crippen LogP contribution in [-0.4, -0.2) is 19.6 Å². The molecule has 0 bridgehead atoms. The molecule has 0 aliphatic carbocycles. The van der Waals surface area contributed by atoms with Gasteiger partial charge < -0.3 is 9.64 Å². The summed E-state index contributed by atoms with van der Waals surface area (Å²) in [5.74, 6) is 0.133. The van der Waals surface area contributed by atoms with Crippen LogP contribution in [-0.2, 0) is 6.42 Å². The molecule has 0 saturated heterocycles. The molecule has 0 fully saturated rings. The molecule has 0 saturated carbocycles. The summed E-state index contributed by atoms with van der Waals surface area (Å²) in [7, 11) is 1.59. The van der Waals surface area contributed by atoms with Crippen LogP contribution in [0.1, 0.15) is 28.4 Å². The monoisotopic (exact) mass is 311 g/mol. The fourth-order valence-electron chi connectivity index (χ4n) is 2.81. The van der Waals surface area contributed by atoms with E-state index in [9.17, 15) is 9.18 Å². The molecule has 4 heteroatoms. The number of carbonyl (C=O) groups is 1. The largest absolute Gasteiger partial charge is 0.497 e. The van der Waals surface area contributed by atoms with Gasteiger partial charge in [-0.2, -0.15) is 0 Å². The number of ether oxygens (including phenoxy) is 1. The molecule has 2 aromatic carbocycles. The standard InChI is InChI=1S/C19H18FNO2/c1-12(2)13-4-7-18(17(20)11-13)21-9-8-14-10-15(23-3)5-6-16(14)19(21)22/h4-7,10-11H,1,8-9H2,2-3H3. The SMILES string of the molecule is C=C(C)c1ccc(N2CCc3cc(OC)ccc3C2=O)c(F)c1. The Labute approximate surface area is 135 Å². The van der Waals surface area contributed by atoms with Gasteiger partial charge in [0.2, 0.25) is 0 Å². The minimum absolute atomic E-state index is 0.184. The second-order valence-electron chi connectivity index (χ2n) is 5.68. The summed E-state index contributed by atoms with van der Waals surface area (Å²) in [4.78, 5) is 14.2. The predicted molar refractivity (Wildman–Crippen MR) is 89.5 cm³/mol. The molecule has 23 heavy (non-hydrogen) atoms. The maximum absolute atomic E-state index is 14.4. The van der Waals surface area contributed by atoms with Crippen LogP contribution in [0.5, 0.6) is 5.75 Å². The van der Waals surface area contributed by atoms with Gasteiger partial charge in [-0.25, -0.2) is 4.39 Å². The molecular formula is C19H18FNO2. The fraction of sp³-hybridized carbons (Fsp3) is 0.211. The number of methoxy groups -OCH3 is 1. The average Bonchev–Trinajstić information content (AvgIpc) is 2.55. The fourth-order valence-corrected chi connectivity index (χ4v) is 2.81. The number of hydrogen-bond donors (Lipinski definition) is 0. The smallest absolute Gasteiger partial charge is 0.258 e. The Kier molecular flexibility index (Phi) is 3.90. The maximum atomic E-state index is 14.4. The summed E-state index contributed by atoms with van der Waals surface area (Å²) < 4.78 is 19.6. The van der Waals surface area contributed by atoms with Crippen LogP contribution < -0.4 is 9.64 Å². The summed E-state index contributed by atoms with van der Waals surface area (Å²) in [6.07, 6.45) is 0.667. The summed E-state index contributed by atoms with van der Waals surface area (Å²) in [5, 5.41) is 0. The third-order valence-electron chi connectivity index (χ3n) is 4.12. The van der Waals surface area contributed by atoms with Crippen molar-refractivity contribution in [3.63, 3.8) is 0 Å². The molecule has 1 aliphatic rings. The van der Waals surface area contributed by atoms with E-state index in [0.717, 1.165) is 22.4 Å². The quantitative estimate of drug-likeness (QED) is 0.855. The number of halogens is 1. The van der Waals surface area contributed by atoms with Crippen molar-refractivity contribution in [1.29, 1.82) is 0 Å². The van der Waals surface area contributed by atoms with Crippen LogP contribution in [0.3, 0.4) is 0 Å². The highest BCUT2D eigenvalue weighted by Gasteiger charge is 2.27. The Morgan fingerprint density at radius 2 is 2.04 bits per heavy atom.